The number of hydrogen-bond donors (Lipinski definition) is 0. The van der Waals surface area contributed by atoms with Crippen LogP contribution >= 0.6 is 22.7 Å². The van der Waals surface area contributed by atoms with Crippen molar-refractivity contribution >= 4 is 28.6 Å². The summed E-state index contributed by atoms with van der Waals surface area (Å²) in [6, 6.07) is 10.9. The van der Waals surface area contributed by atoms with E-state index >= 15 is 0 Å². The summed E-state index contributed by atoms with van der Waals surface area (Å²) in [5, 5.41) is 5.09. The minimum atomic E-state index is 0.189. The van der Waals surface area contributed by atoms with Crippen molar-refractivity contribution in [1.29, 1.82) is 0 Å². The van der Waals surface area contributed by atoms with E-state index in [-0.39, 0.29) is 11.9 Å². The lowest BCUT2D eigenvalue weighted by Crippen LogP contribution is -2.32. The van der Waals surface area contributed by atoms with Crippen molar-refractivity contribution in [2.75, 3.05) is 6.54 Å². The van der Waals surface area contributed by atoms with E-state index in [1.54, 1.807) is 22.7 Å². The predicted octanol–water partition coefficient (Wildman–Crippen LogP) is 5.39. The molecule has 0 aliphatic carbocycles. The number of thiophene rings is 1. The van der Waals surface area contributed by atoms with Gasteiger partial charge in [-0.1, -0.05) is 24.3 Å². The van der Waals surface area contributed by atoms with Crippen LogP contribution in [-0.2, 0) is 11.2 Å². The van der Waals surface area contributed by atoms with Gasteiger partial charge in [0.15, 0.2) is 0 Å². The van der Waals surface area contributed by atoms with Crippen LogP contribution in [0.1, 0.15) is 41.3 Å². The Balaban J connectivity index is 1.49. The lowest BCUT2D eigenvalue weighted by molar-refractivity contribution is -0.131. The van der Waals surface area contributed by atoms with Crippen LogP contribution in [0.4, 0.5) is 0 Å². The van der Waals surface area contributed by atoms with Gasteiger partial charge in [-0.25, -0.2) is 4.98 Å². The van der Waals surface area contributed by atoms with E-state index in [4.69, 9.17) is 0 Å². The van der Waals surface area contributed by atoms with Gasteiger partial charge in [0, 0.05) is 11.9 Å². The zero-order valence-electron chi connectivity index (χ0n) is 15.1. The average molecular weight is 383 g/mol. The second-order valence-corrected chi connectivity index (χ2v) is 8.69. The van der Waals surface area contributed by atoms with Crippen LogP contribution in [0.2, 0.25) is 0 Å². The van der Waals surface area contributed by atoms with Crippen molar-refractivity contribution in [1.82, 2.24) is 9.88 Å². The zero-order chi connectivity index (χ0) is 18.1. The number of amides is 1. The zero-order valence-corrected chi connectivity index (χ0v) is 16.7. The van der Waals surface area contributed by atoms with E-state index in [9.17, 15) is 4.79 Å². The van der Waals surface area contributed by atoms with E-state index < -0.39 is 0 Å². The van der Waals surface area contributed by atoms with E-state index in [1.807, 2.05) is 16.3 Å². The number of aryl methyl sites for hydroxylation is 2. The van der Waals surface area contributed by atoms with Gasteiger partial charge in [-0.05, 0) is 54.8 Å². The van der Waals surface area contributed by atoms with E-state index in [0.717, 1.165) is 30.1 Å². The molecular weight excluding hydrogens is 360 g/mol. The molecule has 26 heavy (non-hydrogen) atoms. The van der Waals surface area contributed by atoms with Gasteiger partial charge in [0.25, 0.3) is 0 Å². The summed E-state index contributed by atoms with van der Waals surface area (Å²) in [7, 11) is 0. The molecular formula is C21H22N2OS2. The molecule has 0 bridgehead atoms. The molecule has 0 N–H and O–H groups in total. The van der Waals surface area contributed by atoms with E-state index in [2.05, 4.69) is 48.5 Å². The van der Waals surface area contributed by atoms with Gasteiger partial charge in [-0.15, -0.1) is 22.7 Å². The molecule has 1 atom stereocenters. The normalized spacial score (nSPS) is 17.0. The maximum atomic E-state index is 12.9. The number of carbonyl (C=O) groups excluding carboxylic acids is 1. The maximum Gasteiger partial charge on any atom is 0.229 e. The Kier molecular flexibility index (Phi) is 4.92. The van der Waals surface area contributed by atoms with Crippen LogP contribution in [0.25, 0.3) is 9.88 Å². The summed E-state index contributed by atoms with van der Waals surface area (Å²) < 4.78 is 0. The third kappa shape index (κ3) is 3.46. The van der Waals surface area contributed by atoms with Gasteiger partial charge >= 0.3 is 0 Å². The Hall–Kier alpha value is -1.98. The quantitative estimate of drug-likeness (QED) is 0.606. The lowest BCUT2D eigenvalue weighted by atomic mass is 9.99. The molecule has 3 aromatic rings. The van der Waals surface area contributed by atoms with Crippen molar-refractivity contribution in [3.63, 3.8) is 0 Å². The van der Waals surface area contributed by atoms with Crippen LogP contribution in [0.3, 0.4) is 0 Å². The van der Waals surface area contributed by atoms with Crippen LogP contribution in [0.15, 0.2) is 41.1 Å². The molecule has 1 amide bonds. The van der Waals surface area contributed by atoms with Crippen LogP contribution in [-0.4, -0.2) is 22.3 Å². The highest BCUT2D eigenvalue weighted by molar-refractivity contribution is 7.20. The summed E-state index contributed by atoms with van der Waals surface area (Å²) in [4.78, 5) is 20.8. The van der Waals surface area contributed by atoms with Gasteiger partial charge in [-0.3, -0.25) is 4.79 Å². The van der Waals surface area contributed by atoms with Gasteiger partial charge in [0.1, 0.15) is 5.01 Å². The number of thiazole rings is 1. The fourth-order valence-electron chi connectivity index (χ4n) is 3.54. The first-order valence-corrected chi connectivity index (χ1v) is 10.7. The number of aromatic nitrogens is 1. The topological polar surface area (TPSA) is 33.2 Å². The number of nitrogens with zero attached hydrogens (tertiary/aromatic N) is 2. The molecule has 1 saturated heterocycles. The highest BCUT2D eigenvalue weighted by Gasteiger charge is 2.30. The van der Waals surface area contributed by atoms with Gasteiger partial charge in [-0.2, -0.15) is 0 Å². The highest BCUT2D eigenvalue weighted by atomic mass is 32.1. The van der Waals surface area contributed by atoms with Crippen molar-refractivity contribution in [3.8, 4) is 9.88 Å². The summed E-state index contributed by atoms with van der Waals surface area (Å²) in [6.07, 6.45) is 2.51. The van der Waals surface area contributed by atoms with Gasteiger partial charge < -0.3 is 4.90 Å². The van der Waals surface area contributed by atoms with E-state index in [1.165, 1.54) is 21.6 Å². The fourth-order valence-corrected chi connectivity index (χ4v) is 5.18. The average Bonchev–Trinajstić information content (AvgIpc) is 3.38. The minimum absolute atomic E-state index is 0.189. The van der Waals surface area contributed by atoms with Gasteiger partial charge in [0.05, 0.1) is 23.0 Å². The van der Waals surface area contributed by atoms with Crippen molar-refractivity contribution < 1.29 is 4.79 Å². The first-order chi connectivity index (χ1) is 12.6. The first kappa shape index (κ1) is 17.4. The molecule has 0 spiro atoms. The molecule has 1 aliphatic heterocycles. The molecule has 5 heteroatoms. The molecule has 2 aromatic heterocycles. The van der Waals surface area contributed by atoms with Crippen molar-refractivity contribution in [2.24, 2.45) is 0 Å². The predicted molar refractivity (Wildman–Crippen MR) is 109 cm³/mol. The van der Waals surface area contributed by atoms with Crippen molar-refractivity contribution in [2.45, 2.75) is 39.2 Å². The number of carbonyl (C=O) groups is 1. The Morgan fingerprint density at radius 3 is 2.88 bits per heavy atom. The molecule has 1 unspecified atom stereocenters. The summed E-state index contributed by atoms with van der Waals surface area (Å²) >= 11 is 3.31. The maximum absolute atomic E-state index is 12.9. The van der Waals surface area contributed by atoms with Crippen LogP contribution in [0, 0.1) is 13.8 Å². The van der Waals surface area contributed by atoms with Gasteiger partial charge in [0.2, 0.25) is 5.91 Å². The molecule has 134 valence electrons. The summed E-state index contributed by atoms with van der Waals surface area (Å²) in [6.45, 7) is 5.11. The fraction of sp³-hybridized carbons (Fsp3) is 0.333. The summed E-state index contributed by atoms with van der Waals surface area (Å²) in [5.41, 5.74) is 4.74. The van der Waals surface area contributed by atoms with Crippen molar-refractivity contribution in [3.05, 3.63) is 63.5 Å². The number of rotatable bonds is 4. The standard InChI is InChI=1S/C21H22N2OS2/c1-14-7-8-16(11-15(14)2)18-5-3-9-23(18)20(24)12-17-13-26-21(22-17)19-6-4-10-25-19/h4,6-8,10-11,13,18H,3,5,9,12H2,1-2H3. The largest absolute Gasteiger partial charge is 0.335 e. The SMILES string of the molecule is Cc1ccc(C2CCCN2C(=O)Cc2csc(-c3cccs3)n2)cc1C. The third-order valence-corrected chi connectivity index (χ3v) is 7.04. The Morgan fingerprint density at radius 2 is 2.12 bits per heavy atom. The third-order valence-electron chi connectivity index (χ3n) is 5.10. The lowest BCUT2D eigenvalue weighted by Gasteiger charge is -2.25. The number of likely N-dealkylation sites (tertiary alicyclic amines) is 1. The number of hydrogen-bond acceptors (Lipinski definition) is 4. The Bertz CT molecular complexity index is 914. The second-order valence-electron chi connectivity index (χ2n) is 6.89. The molecule has 1 fully saturated rings. The minimum Gasteiger partial charge on any atom is -0.335 e. The Labute approximate surface area is 162 Å². The second kappa shape index (κ2) is 7.33. The molecule has 1 aromatic carbocycles. The van der Waals surface area contributed by atoms with E-state index in [0.29, 0.717) is 6.42 Å². The highest BCUT2D eigenvalue weighted by Crippen LogP contribution is 2.34. The molecule has 4 rings (SSSR count). The van der Waals surface area contributed by atoms with Crippen LogP contribution in [0.5, 0.6) is 0 Å². The molecule has 3 heterocycles. The first-order valence-electron chi connectivity index (χ1n) is 8.97. The molecule has 0 radical (unpaired) electrons. The van der Waals surface area contributed by atoms with Crippen LogP contribution < -0.4 is 0 Å². The molecule has 1 aliphatic rings. The molecule has 0 saturated carbocycles. The monoisotopic (exact) mass is 382 g/mol. The Morgan fingerprint density at radius 1 is 1.23 bits per heavy atom. The summed E-state index contributed by atoms with van der Waals surface area (Å²) in [5.74, 6) is 0.189. The number of benzene rings is 1. The molecule has 3 nitrogen and oxygen atoms in total. The smallest absolute Gasteiger partial charge is 0.229 e.